The molecule has 0 aromatic heterocycles. The van der Waals surface area contributed by atoms with Gasteiger partial charge in [-0.2, -0.15) is 12.8 Å². The maximum atomic E-state index is 3.60. The summed E-state index contributed by atoms with van der Waals surface area (Å²) in [7, 11) is 1.31. The second-order valence-electron chi connectivity index (χ2n) is 13.7. The van der Waals surface area contributed by atoms with Gasteiger partial charge in [0.15, 0.2) is 0 Å². The van der Waals surface area contributed by atoms with E-state index in [0.29, 0.717) is 11.8 Å². The van der Waals surface area contributed by atoms with Crippen molar-refractivity contribution in [2.75, 3.05) is 0 Å². The van der Waals surface area contributed by atoms with Crippen molar-refractivity contribution in [3.8, 4) is 0 Å². The average molecular weight is 750 g/mol. The van der Waals surface area contributed by atoms with Gasteiger partial charge < -0.3 is 6.92 Å². The first kappa shape index (κ1) is 38.4. The van der Waals surface area contributed by atoms with Crippen LogP contribution in [0.25, 0.3) is 33.2 Å². The van der Waals surface area contributed by atoms with Crippen LogP contribution in [0.2, 0.25) is 12.1 Å². The Morgan fingerprint density at radius 1 is 0.640 bits per heavy atom. The molecular weight excluding hydrogens is 696 g/mol. The second-order valence-corrected chi connectivity index (χ2v) is 15.2. The number of fused-ring (bicyclic) bond motifs is 5. The summed E-state index contributed by atoms with van der Waals surface area (Å²) in [4.78, 5) is 0. The molecule has 1 fully saturated rings. The van der Waals surface area contributed by atoms with Gasteiger partial charge in [0.1, 0.15) is 0 Å². The van der Waals surface area contributed by atoms with Crippen LogP contribution in [0.1, 0.15) is 119 Å². The number of benzene rings is 5. The molecule has 2 atom stereocenters. The van der Waals surface area contributed by atoms with Gasteiger partial charge in [0.25, 0.3) is 0 Å². The van der Waals surface area contributed by atoms with Crippen LogP contribution in [0.5, 0.6) is 0 Å². The van der Waals surface area contributed by atoms with Crippen LogP contribution in [0, 0.1) is 12.8 Å². The molecule has 2 heteroatoms. The van der Waals surface area contributed by atoms with Crippen molar-refractivity contribution in [1.82, 2.24) is 0 Å². The number of rotatable bonds is 8. The molecule has 1 heterocycles. The minimum absolute atomic E-state index is 0. The molecule has 1 aliphatic heterocycles. The first-order chi connectivity index (χ1) is 24.2. The third-order valence-corrected chi connectivity index (χ3v) is 12.1. The number of hydrogen-bond acceptors (Lipinski definition) is 0. The van der Waals surface area contributed by atoms with E-state index >= 15 is 0 Å². The molecule has 0 bridgehead atoms. The van der Waals surface area contributed by atoms with E-state index in [2.05, 4.69) is 144 Å². The Morgan fingerprint density at radius 2 is 1.26 bits per heavy atom. The Labute approximate surface area is 324 Å². The predicted octanol–water partition coefficient (Wildman–Crippen LogP) is 14.2. The first-order valence-electron chi connectivity index (χ1n) is 19.0. The molecule has 1 saturated heterocycles. The van der Waals surface area contributed by atoms with Gasteiger partial charge in [0, 0.05) is 9.52 Å². The Morgan fingerprint density at radius 3 is 1.90 bits per heavy atom. The molecule has 3 aliphatic rings. The number of allylic oxidation sites excluding steroid dienone is 2. The van der Waals surface area contributed by atoms with Crippen LogP contribution in [0.3, 0.4) is 0 Å². The van der Waals surface area contributed by atoms with E-state index in [9.17, 15) is 0 Å². The molecule has 2 unspecified atom stereocenters. The van der Waals surface area contributed by atoms with Gasteiger partial charge in [-0.3, -0.25) is 5.92 Å². The van der Waals surface area contributed by atoms with Crippen molar-refractivity contribution in [3.63, 3.8) is 0 Å². The molecule has 0 saturated carbocycles. The van der Waals surface area contributed by atoms with E-state index in [0.717, 1.165) is 32.1 Å². The summed E-state index contributed by atoms with van der Waals surface area (Å²) in [5.41, 5.74) is 11.9. The zero-order chi connectivity index (χ0) is 34.2. The van der Waals surface area contributed by atoms with E-state index < -0.39 is 0 Å². The molecule has 0 amide bonds. The quantitative estimate of drug-likeness (QED) is 0.109. The zero-order valence-electron chi connectivity index (χ0n) is 30.8. The van der Waals surface area contributed by atoms with E-state index in [1.165, 1.54) is 95.8 Å². The molecule has 5 aromatic rings. The normalized spacial score (nSPS) is 17.4. The maximum absolute atomic E-state index is 3.60. The van der Waals surface area contributed by atoms with Gasteiger partial charge in [0.2, 0.25) is 0 Å². The molecule has 2 aliphatic carbocycles. The monoisotopic (exact) mass is 748 g/mol. The van der Waals surface area contributed by atoms with Crippen molar-refractivity contribution in [3.05, 3.63) is 155 Å². The molecule has 254 valence electrons. The molecule has 0 spiro atoms. The van der Waals surface area contributed by atoms with Crippen LogP contribution in [0.15, 0.2) is 114 Å². The van der Waals surface area contributed by atoms with E-state index in [1.807, 2.05) is 0 Å². The third-order valence-electron chi connectivity index (χ3n) is 10.7. The summed E-state index contributed by atoms with van der Waals surface area (Å²) in [6, 6.07) is 41.7. The van der Waals surface area contributed by atoms with Gasteiger partial charge in [-0.1, -0.05) is 197 Å². The van der Waals surface area contributed by atoms with Gasteiger partial charge >= 0.3 is 26.2 Å². The number of unbranched alkanes of at least 4 members (excludes halogenated alkanes) is 1. The van der Waals surface area contributed by atoms with E-state index in [-0.39, 0.29) is 26.2 Å². The molecule has 0 N–H and O–H groups in total. The third kappa shape index (κ3) is 7.83. The molecule has 8 rings (SSSR count). The minimum Gasteiger partial charge on any atom is -0.343 e. The minimum atomic E-state index is 0. The second kappa shape index (κ2) is 18.6. The molecule has 0 nitrogen and oxygen atoms in total. The Bertz CT molecular complexity index is 1910. The summed E-state index contributed by atoms with van der Waals surface area (Å²) < 4.78 is 0. The molecule has 2 radical (unpaired) electrons. The Kier molecular flexibility index (Phi) is 14.3. The Balaban J connectivity index is 0.000000430. The largest absolute Gasteiger partial charge is 2.00 e. The summed E-state index contributed by atoms with van der Waals surface area (Å²) >= 11 is 0. The van der Waals surface area contributed by atoms with E-state index in [4.69, 9.17) is 0 Å². The van der Waals surface area contributed by atoms with Crippen LogP contribution >= 0.6 is 0 Å². The van der Waals surface area contributed by atoms with Gasteiger partial charge in [-0.05, 0) is 56.6 Å². The first-order valence-corrected chi connectivity index (χ1v) is 20.5. The fourth-order valence-corrected chi connectivity index (χ4v) is 9.60. The fourth-order valence-electron chi connectivity index (χ4n) is 8.35. The van der Waals surface area contributed by atoms with Gasteiger partial charge in [-0.15, -0.1) is 11.8 Å². The van der Waals surface area contributed by atoms with Gasteiger partial charge in [0.05, 0.1) is 0 Å². The summed E-state index contributed by atoms with van der Waals surface area (Å²) in [6.45, 7) is 12.8. The van der Waals surface area contributed by atoms with Crippen molar-refractivity contribution < 1.29 is 26.2 Å². The summed E-state index contributed by atoms with van der Waals surface area (Å²) in [5.74, 6) is 2.40. The molecular formula is C48H54SiZr. The maximum Gasteiger partial charge on any atom is 2.00 e. The van der Waals surface area contributed by atoms with Crippen molar-refractivity contribution in [2.24, 2.45) is 0 Å². The number of hydrogen-bond donors (Lipinski definition) is 0. The van der Waals surface area contributed by atoms with Crippen molar-refractivity contribution in [1.29, 1.82) is 0 Å². The van der Waals surface area contributed by atoms with Crippen molar-refractivity contribution in [2.45, 2.75) is 103 Å². The molecule has 50 heavy (non-hydrogen) atoms. The average Bonchev–Trinajstić information content (AvgIpc) is 3.93. The Hall–Kier alpha value is -2.80. The van der Waals surface area contributed by atoms with Crippen LogP contribution in [-0.4, -0.2) is 9.52 Å². The van der Waals surface area contributed by atoms with E-state index in [1.54, 1.807) is 17.1 Å². The summed E-state index contributed by atoms with van der Waals surface area (Å²) in [5, 5.41) is 5.39. The van der Waals surface area contributed by atoms with Crippen molar-refractivity contribution >= 4 is 42.7 Å². The smallest absolute Gasteiger partial charge is 0.343 e. The van der Waals surface area contributed by atoms with Gasteiger partial charge in [-0.25, -0.2) is 0 Å². The van der Waals surface area contributed by atoms with Crippen LogP contribution < -0.4 is 0 Å². The van der Waals surface area contributed by atoms with Crippen LogP contribution in [-0.2, 0) is 26.2 Å². The standard InChI is InChI=1S/C40H37.C4H8Si.C4H9.Zr/c1-4-14-36(38-26(5-2)25-37-31-19-10-8-16-28(31)23-24-35(37)38)40-29(6-3)39(33-20-11-12-21-34(33)40)32-22-13-17-27-15-7-9-18-30(27)32;1-2-4-5-3-1;1-3-4-2;/h7-13,15-25,38,40H,4-6,14H2,1-3H3;1-4H2;1,3-4H2,2H3;/q-1;;-1;+2. The SMILES string of the molecule is C1CC[Si]C1.CCC[C-](C1C(CC)=C(c2cccc3ccccc23)c2ccccc21)C1C(CC)=Cc2c1ccc1ccccc21.[CH2-]CCC.[Zr+2]. The molecule has 5 aromatic carbocycles. The van der Waals surface area contributed by atoms with Crippen LogP contribution in [0.4, 0.5) is 0 Å². The zero-order valence-corrected chi connectivity index (χ0v) is 34.3. The summed E-state index contributed by atoms with van der Waals surface area (Å²) in [6.07, 6.45) is 12.3. The predicted molar refractivity (Wildman–Crippen MR) is 217 cm³/mol. The topological polar surface area (TPSA) is 0 Å². The fraction of sp³-hybridized carbons (Fsp3) is 0.333.